The van der Waals surface area contributed by atoms with Crippen LogP contribution in [0.1, 0.15) is 68.4 Å². The van der Waals surface area contributed by atoms with Crippen molar-refractivity contribution in [2.75, 3.05) is 38.9 Å². The van der Waals surface area contributed by atoms with E-state index in [4.69, 9.17) is 37.4 Å². The first-order valence-corrected chi connectivity index (χ1v) is 18.6. The molecule has 0 saturated carbocycles. The van der Waals surface area contributed by atoms with Gasteiger partial charge in [0.2, 0.25) is 0 Å². The summed E-state index contributed by atoms with van der Waals surface area (Å²) in [5.41, 5.74) is 8.29. The van der Waals surface area contributed by atoms with Crippen molar-refractivity contribution in [2.45, 2.75) is 60.0 Å². The van der Waals surface area contributed by atoms with Gasteiger partial charge in [-0.15, -0.1) is 0 Å². The minimum Gasteiger partial charge on any atom is -0.496 e. The Bertz CT molecular complexity index is 2420. The lowest BCUT2D eigenvalue weighted by atomic mass is 9.98. The predicted molar refractivity (Wildman–Crippen MR) is 212 cm³/mol. The van der Waals surface area contributed by atoms with Gasteiger partial charge in [0.15, 0.2) is 5.69 Å². The van der Waals surface area contributed by atoms with Crippen LogP contribution >= 0.6 is 23.2 Å². The number of methoxy groups -OCH3 is 2. The highest BCUT2D eigenvalue weighted by molar-refractivity contribution is 6.35. The van der Waals surface area contributed by atoms with Crippen LogP contribution in [0.25, 0.3) is 32.9 Å². The van der Waals surface area contributed by atoms with Crippen molar-refractivity contribution in [3.8, 4) is 22.6 Å². The molecule has 0 saturated heterocycles. The molecule has 1 amide bonds. The van der Waals surface area contributed by atoms with E-state index < -0.39 is 5.97 Å². The van der Waals surface area contributed by atoms with Gasteiger partial charge in [-0.1, -0.05) is 35.3 Å². The van der Waals surface area contributed by atoms with Gasteiger partial charge in [0, 0.05) is 53.5 Å². The fraction of sp³-hybridized carbons (Fsp3) is 0.341. The quantitative estimate of drug-likeness (QED) is 0.119. The van der Waals surface area contributed by atoms with Crippen LogP contribution in [0.15, 0.2) is 42.5 Å². The SMILES string of the molecule is COCCn1c(C(=O)O)c(N2C[C@@H](C)n3c(c(CCCOc4cc(C)c(Cl)c(C)c4)c4ccc(Cl)c(-c5c(C)n[nH]c5C)c43)C2=O)c2c(OC)cccc21. The second-order valence-electron chi connectivity index (χ2n) is 13.9. The molecule has 1 atom stereocenters. The number of hydrogen-bond donors (Lipinski definition) is 2. The van der Waals surface area contributed by atoms with Gasteiger partial charge in [-0.3, -0.25) is 9.89 Å². The number of aryl methyl sites for hydroxylation is 5. The minimum absolute atomic E-state index is 0.00598. The smallest absolute Gasteiger partial charge is 0.354 e. The predicted octanol–water partition coefficient (Wildman–Crippen LogP) is 9.11. The molecule has 0 bridgehead atoms. The van der Waals surface area contributed by atoms with E-state index in [0.717, 1.165) is 60.9 Å². The number of benzene rings is 3. The summed E-state index contributed by atoms with van der Waals surface area (Å²) in [6.07, 6.45) is 1.10. The molecule has 0 spiro atoms. The summed E-state index contributed by atoms with van der Waals surface area (Å²) in [6.45, 7) is 11.0. The van der Waals surface area contributed by atoms with Gasteiger partial charge in [-0.05, 0) is 94.5 Å². The number of aromatic carboxylic acids is 1. The molecule has 0 aliphatic carbocycles. The zero-order chi connectivity index (χ0) is 38.6. The maximum absolute atomic E-state index is 15.3. The van der Waals surface area contributed by atoms with E-state index in [9.17, 15) is 9.90 Å². The van der Waals surface area contributed by atoms with E-state index in [1.807, 2.05) is 71.0 Å². The van der Waals surface area contributed by atoms with Crippen molar-refractivity contribution in [3.63, 3.8) is 0 Å². The number of carboxylic acid groups (broad SMARTS) is 1. The largest absolute Gasteiger partial charge is 0.496 e. The van der Waals surface area contributed by atoms with Gasteiger partial charge >= 0.3 is 5.97 Å². The lowest BCUT2D eigenvalue weighted by molar-refractivity contribution is 0.0684. The number of rotatable bonds is 12. The van der Waals surface area contributed by atoms with Gasteiger partial charge in [0.1, 0.15) is 17.2 Å². The Morgan fingerprint density at radius 2 is 1.78 bits per heavy atom. The third-order valence-electron chi connectivity index (χ3n) is 10.4. The van der Waals surface area contributed by atoms with Crippen molar-refractivity contribution in [1.29, 1.82) is 0 Å². The summed E-state index contributed by atoms with van der Waals surface area (Å²) < 4.78 is 21.2. The average Bonchev–Trinajstić information content (AvgIpc) is 3.78. The molecule has 13 heteroatoms. The molecule has 1 aliphatic heterocycles. The number of aromatic amines is 1. The maximum Gasteiger partial charge on any atom is 0.354 e. The number of nitrogens with zero attached hydrogens (tertiary/aromatic N) is 4. The Labute approximate surface area is 323 Å². The van der Waals surface area contributed by atoms with Gasteiger partial charge < -0.3 is 33.4 Å². The first-order valence-electron chi connectivity index (χ1n) is 17.9. The number of carboxylic acids is 1. The van der Waals surface area contributed by atoms with Crippen LogP contribution in [-0.4, -0.2) is 70.3 Å². The molecular weight excluding hydrogens is 729 g/mol. The van der Waals surface area contributed by atoms with E-state index >= 15 is 4.79 Å². The topological polar surface area (TPSA) is 124 Å². The number of anilines is 1. The summed E-state index contributed by atoms with van der Waals surface area (Å²) in [6, 6.07) is 12.9. The zero-order valence-electron chi connectivity index (χ0n) is 31.4. The number of H-pyrrole nitrogens is 1. The molecule has 3 aromatic heterocycles. The molecule has 282 valence electrons. The molecule has 6 aromatic rings. The summed E-state index contributed by atoms with van der Waals surface area (Å²) in [5, 5.41) is 21.1. The number of amides is 1. The summed E-state index contributed by atoms with van der Waals surface area (Å²) in [5.74, 6) is -0.270. The number of hydrogen-bond acceptors (Lipinski definition) is 6. The fourth-order valence-corrected chi connectivity index (χ4v) is 8.48. The first-order chi connectivity index (χ1) is 25.9. The van der Waals surface area contributed by atoms with Crippen molar-refractivity contribution in [3.05, 3.63) is 92.0 Å². The Morgan fingerprint density at radius 1 is 1.04 bits per heavy atom. The molecule has 54 heavy (non-hydrogen) atoms. The first kappa shape index (κ1) is 37.3. The van der Waals surface area contributed by atoms with E-state index in [2.05, 4.69) is 14.8 Å². The van der Waals surface area contributed by atoms with E-state index in [0.29, 0.717) is 52.5 Å². The zero-order valence-corrected chi connectivity index (χ0v) is 32.9. The molecule has 0 unspecified atom stereocenters. The third-order valence-corrected chi connectivity index (χ3v) is 11.3. The number of fused-ring (bicyclic) bond motifs is 4. The summed E-state index contributed by atoms with van der Waals surface area (Å²) in [7, 11) is 3.11. The number of carbonyl (C=O) groups excluding carboxylic acids is 1. The van der Waals surface area contributed by atoms with Crippen LogP contribution in [0, 0.1) is 27.7 Å². The number of halogens is 2. The molecule has 1 aliphatic rings. The molecule has 2 N–H and O–H groups in total. The molecule has 11 nitrogen and oxygen atoms in total. The highest BCUT2D eigenvalue weighted by Crippen LogP contribution is 2.47. The number of carbonyl (C=O) groups is 2. The minimum atomic E-state index is -1.16. The van der Waals surface area contributed by atoms with E-state index in [1.165, 1.54) is 0 Å². The average molecular weight is 773 g/mol. The molecular formula is C41H43Cl2N5O6. The fourth-order valence-electron chi connectivity index (χ4n) is 8.12. The molecule has 4 heterocycles. The lowest BCUT2D eigenvalue weighted by Crippen LogP contribution is -2.43. The second kappa shape index (κ2) is 14.7. The van der Waals surface area contributed by atoms with Crippen LogP contribution in [0.2, 0.25) is 10.0 Å². The normalized spacial score (nSPS) is 14.4. The molecule has 3 aromatic carbocycles. The monoisotopic (exact) mass is 771 g/mol. The van der Waals surface area contributed by atoms with Gasteiger partial charge in [-0.25, -0.2) is 4.79 Å². The number of ether oxygens (including phenoxy) is 3. The highest BCUT2D eigenvalue weighted by Gasteiger charge is 2.40. The van der Waals surface area contributed by atoms with Crippen LogP contribution < -0.4 is 14.4 Å². The van der Waals surface area contributed by atoms with Gasteiger partial charge in [-0.2, -0.15) is 5.10 Å². The summed E-state index contributed by atoms with van der Waals surface area (Å²) in [4.78, 5) is 30.1. The second-order valence-corrected chi connectivity index (χ2v) is 14.7. The van der Waals surface area contributed by atoms with Gasteiger partial charge in [0.25, 0.3) is 5.91 Å². The molecule has 0 radical (unpaired) electrons. The van der Waals surface area contributed by atoms with Crippen LogP contribution in [-0.2, 0) is 17.7 Å². The summed E-state index contributed by atoms with van der Waals surface area (Å²) >= 11 is 13.5. The van der Waals surface area contributed by atoms with Crippen LogP contribution in [0.4, 0.5) is 5.69 Å². The number of nitrogens with one attached hydrogen (secondary N) is 1. The van der Waals surface area contributed by atoms with E-state index in [1.54, 1.807) is 29.8 Å². The molecule has 0 fully saturated rings. The standard InChI is InChI=1S/C41H43Cl2N5O6/c1-21-18-26(19-22(2)35(21)43)54-16-9-10-27-28-13-14-29(42)33(32-24(4)44-45-25(32)5)36(28)48-23(3)20-47(40(49)37(27)48)38-34-30(11-8-12-31(34)53-7)46(15-17-52-6)39(38)41(50)51/h8,11-14,18-19,23H,9-10,15-17,20H2,1-7H3,(H,44,45)(H,50,51)/t23-/m1/s1. The van der Waals surface area contributed by atoms with Crippen LogP contribution in [0.5, 0.6) is 11.5 Å². The van der Waals surface area contributed by atoms with Crippen molar-refractivity contribution in [2.24, 2.45) is 0 Å². The Kier molecular flexibility index (Phi) is 10.2. The Balaban J connectivity index is 1.42. The lowest BCUT2D eigenvalue weighted by Gasteiger charge is -2.34. The van der Waals surface area contributed by atoms with Crippen molar-refractivity contribution in [1.82, 2.24) is 19.3 Å². The highest BCUT2D eigenvalue weighted by atomic mass is 35.5. The van der Waals surface area contributed by atoms with Crippen molar-refractivity contribution >= 4 is 62.6 Å². The number of aromatic nitrogens is 4. The molecule has 7 rings (SSSR count). The van der Waals surface area contributed by atoms with Crippen molar-refractivity contribution < 1.29 is 28.9 Å². The van der Waals surface area contributed by atoms with Crippen LogP contribution in [0.3, 0.4) is 0 Å². The maximum atomic E-state index is 15.3. The third kappa shape index (κ3) is 6.08. The Hall–Kier alpha value is -4.97. The Morgan fingerprint density at radius 3 is 2.43 bits per heavy atom. The van der Waals surface area contributed by atoms with Gasteiger partial charge in [0.05, 0.1) is 53.1 Å². The van der Waals surface area contributed by atoms with E-state index in [-0.39, 0.29) is 37.3 Å².